The zero-order valence-electron chi connectivity index (χ0n) is 24.1. The van der Waals surface area contributed by atoms with Gasteiger partial charge in [0.05, 0.1) is 5.69 Å². The minimum atomic E-state index is -1.15. The van der Waals surface area contributed by atoms with Crippen LogP contribution in [0.4, 0.5) is 5.69 Å². The lowest BCUT2D eigenvalue weighted by molar-refractivity contribution is 0.0254. The van der Waals surface area contributed by atoms with Gasteiger partial charge < -0.3 is 14.2 Å². The Morgan fingerprint density at radius 2 is 1.51 bits per heavy atom. The van der Waals surface area contributed by atoms with E-state index in [0.717, 1.165) is 77.6 Å². The largest absolute Gasteiger partial charge is 0.439 e. The molecular formula is C36H37N3O2. The molecule has 2 aromatic heterocycles. The molecular weight excluding hydrogens is 506 g/mol. The van der Waals surface area contributed by atoms with Crippen molar-refractivity contribution >= 4 is 22.6 Å². The average Bonchev–Trinajstić information content (AvgIpc) is 3.49. The molecule has 5 heteroatoms. The van der Waals surface area contributed by atoms with Crippen LogP contribution in [0.1, 0.15) is 66.7 Å². The highest BCUT2D eigenvalue weighted by molar-refractivity contribution is 5.99. The molecule has 0 bridgehead atoms. The Balaban J connectivity index is 1.61. The minimum Gasteiger partial charge on any atom is -0.439 e. The number of anilines is 1. The predicted molar refractivity (Wildman–Crippen MR) is 166 cm³/mol. The van der Waals surface area contributed by atoms with Crippen molar-refractivity contribution in [2.45, 2.75) is 45.1 Å². The summed E-state index contributed by atoms with van der Waals surface area (Å²) in [6.45, 7) is 6.53. The summed E-state index contributed by atoms with van der Waals surface area (Å²) in [5.74, 6) is -0.399. The van der Waals surface area contributed by atoms with Gasteiger partial charge in [-0.05, 0) is 42.7 Å². The molecule has 0 saturated heterocycles. The van der Waals surface area contributed by atoms with Gasteiger partial charge in [-0.1, -0.05) is 93.4 Å². The number of pyridine rings is 1. The molecule has 0 fully saturated rings. The molecule has 3 aromatic carbocycles. The van der Waals surface area contributed by atoms with Crippen LogP contribution in [0.2, 0.25) is 0 Å². The van der Waals surface area contributed by atoms with Crippen LogP contribution in [0.5, 0.6) is 0 Å². The molecule has 0 saturated carbocycles. The zero-order valence-corrected chi connectivity index (χ0v) is 24.1. The van der Waals surface area contributed by atoms with Crippen molar-refractivity contribution in [3.8, 4) is 11.3 Å². The highest BCUT2D eigenvalue weighted by atomic mass is 16.6. The van der Waals surface area contributed by atoms with Crippen molar-refractivity contribution in [3.63, 3.8) is 0 Å². The lowest BCUT2D eigenvalue weighted by atomic mass is 9.78. The molecule has 6 rings (SSSR count). The van der Waals surface area contributed by atoms with Crippen molar-refractivity contribution in [2.24, 2.45) is 7.05 Å². The van der Waals surface area contributed by atoms with Crippen molar-refractivity contribution in [2.75, 3.05) is 18.0 Å². The lowest BCUT2D eigenvalue weighted by Crippen LogP contribution is -2.31. The van der Waals surface area contributed by atoms with Gasteiger partial charge in [0.15, 0.2) is 11.3 Å². The van der Waals surface area contributed by atoms with E-state index >= 15 is 0 Å². The molecule has 0 N–H and O–H groups in total. The summed E-state index contributed by atoms with van der Waals surface area (Å²) >= 11 is 0. The number of cyclic esters (lactones) is 1. The Bertz CT molecular complexity index is 1660. The number of rotatable bonds is 10. The number of benzene rings is 3. The van der Waals surface area contributed by atoms with Gasteiger partial charge in [0.25, 0.3) is 0 Å². The van der Waals surface area contributed by atoms with Gasteiger partial charge in [-0.15, -0.1) is 0 Å². The Hall–Kier alpha value is -4.38. The first kappa shape index (κ1) is 26.8. The number of hydrogen-bond donors (Lipinski definition) is 0. The molecule has 1 aliphatic heterocycles. The molecule has 3 heterocycles. The Kier molecular flexibility index (Phi) is 7.36. The number of carbonyl (C=O) groups excluding carboxylic acids is 1. The molecule has 5 nitrogen and oxygen atoms in total. The molecule has 5 aromatic rings. The zero-order chi connectivity index (χ0) is 28.4. The van der Waals surface area contributed by atoms with Gasteiger partial charge >= 0.3 is 5.97 Å². The number of esters is 1. The molecule has 0 amide bonds. The lowest BCUT2D eigenvalue weighted by Gasteiger charge is -2.32. The Morgan fingerprint density at radius 3 is 2.22 bits per heavy atom. The minimum absolute atomic E-state index is 0.371. The fourth-order valence-corrected chi connectivity index (χ4v) is 6.30. The molecule has 0 aliphatic carbocycles. The van der Waals surface area contributed by atoms with Gasteiger partial charge in [-0.3, -0.25) is 0 Å². The van der Waals surface area contributed by atoms with Crippen LogP contribution in [0, 0.1) is 0 Å². The summed E-state index contributed by atoms with van der Waals surface area (Å²) in [6.07, 6.45) is 6.30. The summed E-state index contributed by atoms with van der Waals surface area (Å²) in [6, 6.07) is 31.3. The van der Waals surface area contributed by atoms with Gasteiger partial charge in [-0.25, -0.2) is 9.78 Å². The summed E-state index contributed by atoms with van der Waals surface area (Å²) in [4.78, 5) is 20.5. The SMILES string of the molecule is CCCCN(CCCC)c1ccc(C2(c3c(-c4ccccc4)n(C)c4ccccc34)OC(=O)c3ncccc32)cc1. The van der Waals surface area contributed by atoms with Gasteiger partial charge in [-0.2, -0.15) is 0 Å². The van der Waals surface area contributed by atoms with E-state index in [2.05, 4.69) is 108 Å². The third kappa shape index (κ3) is 4.50. The summed E-state index contributed by atoms with van der Waals surface area (Å²) < 4.78 is 8.79. The number of carbonyl (C=O) groups is 1. The number of ether oxygens (including phenoxy) is 1. The van der Waals surface area contributed by atoms with E-state index in [4.69, 9.17) is 4.74 Å². The molecule has 41 heavy (non-hydrogen) atoms. The second-order valence-electron chi connectivity index (χ2n) is 10.9. The number of unbranched alkanes of at least 4 members (excludes halogenated alkanes) is 2. The first-order chi connectivity index (χ1) is 20.1. The molecule has 0 spiro atoms. The molecule has 1 unspecified atom stereocenters. The van der Waals surface area contributed by atoms with Crippen LogP contribution in [-0.2, 0) is 17.4 Å². The Morgan fingerprint density at radius 1 is 0.829 bits per heavy atom. The first-order valence-electron chi connectivity index (χ1n) is 14.8. The van der Waals surface area contributed by atoms with Crippen LogP contribution in [0.25, 0.3) is 22.2 Å². The number of nitrogens with zero attached hydrogens (tertiary/aromatic N) is 3. The quantitative estimate of drug-likeness (QED) is 0.167. The van der Waals surface area contributed by atoms with Crippen molar-refractivity contribution in [3.05, 3.63) is 120 Å². The maximum Gasteiger partial charge on any atom is 0.358 e. The van der Waals surface area contributed by atoms with E-state index in [-0.39, 0.29) is 0 Å². The van der Waals surface area contributed by atoms with E-state index in [1.165, 1.54) is 5.69 Å². The number of para-hydroxylation sites is 1. The van der Waals surface area contributed by atoms with Gasteiger partial charge in [0.2, 0.25) is 0 Å². The van der Waals surface area contributed by atoms with Crippen molar-refractivity contribution < 1.29 is 9.53 Å². The average molecular weight is 544 g/mol. The first-order valence-corrected chi connectivity index (χ1v) is 14.8. The summed E-state index contributed by atoms with van der Waals surface area (Å²) in [7, 11) is 2.09. The maximum absolute atomic E-state index is 13.5. The summed E-state index contributed by atoms with van der Waals surface area (Å²) in [5.41, 5.74) is 6.24. The number of fused-ring (bicyclic) bond motifs is 2. The topological polar surface area (TPSA) is 47.4 Å². The van der Waals surface area contributed by atoms with Crippen LogP contribution in [0.3, 0.4) is 0 Å². The van der Waals surface area contributed by atoms with E-state index in [1.54, 1.807) is 6.20 Å². The molecule has 208 valence electrons. The van der Waals surface area contributed by atoms with Crippen LogP contribution < -0.4 is 4.90 Å². The van der Waals surface area contributed by atoms with E-state index in [9.17, 15) is 4.79 Å². The van der Waals surface area contributed by atoms with Crippen molar-refractivity contribution in [1.29, 1.82) is 0 Å². The van der Waals surface area contributed by atoms with E-state index in [1.807, 2.05) is 18.2 Å². The Labute approximate surface area is 242 Å². The van der Waals surface area contributed by atoms with E-state index < -0.39 is 11.6 Å². The highest BCUT2D eigenvalue weighted by Gasteiger charge is 2.52. The number of aromatic nitrogens is 2. The standard InChI is InChI=1S/C36H37N3O2/c1-4-6-24-39(25-7-5-2)28-21-19-27(20-22-28)36(30-17-13-23-37-33(30)35(40)41-36)32-29-16-11-12-18-31(29)38(3)34(32)26-14-9-8-10-15-26/h8-23H,4-7,24-25H2,1-3H3. The second-order valence-corrected chi connectivity index (χ2v) is 10.9. The fourth-order valence-electron chi connectivity index (χ4n) is 6.30. The smallest absolute Gasteiger partial charge is 0.358 e. The van der Waals surface area contributed by atoms with Gasteiger partial charge in [0, 0.05) is 59.6 Å². The summed E-state index contributed by atoms with van der Waals surface area (Å²) in [5, 5.41) is 1.05. The third-order valence-corrected chi connectivity index (χ3v) is 8.33. The molecule has 1 aliphatic rings. The third-order valence-electron chi connectivity index (χ3n) is 8.33. The maximum atomic E-state index is 13.5. The van der Waals surface area contributed by atoms with Crippen LogP contribution in [-0.4, -0.2) is 28.6 Å². The predicted octanol–water partition coefficient (Wildman–Crippen LogP) is 8.11. The number of hydrogen-bond acceptors (Lipinski definition) is 4. The second kappa shape index (κ2) is 11.2. The highest BCUT2D eigenvalue weighted by Crippen LogP contribution is 2.52. The van der Waals surface area contributed by atoms with Crippen molar-refractivity contribution in [1.82, 2.24) is 9.55 Å². The monoisotopic (exact) mass is 543 g/mol. The van der Waals surface area contributed by atoms with Gasteiger partial charge in [0.1, 0.15) is 0 Å². The molecule has 0 radical (unpaired) electrons. The number of aryl methyl sites for hydroxylation is 1. The molecule has 1 atom stereocenters. The van der Waals surface area contributed by atoms with Crippen LogP contribution >= 0.6 is 0 Å². The fraction of sp³-hybridized carbons (Fsp3) is 0.278. The van der Waals surface area contributed by atoms with E-state index in [0.29, 0.717) is 5.69 Å². The normalized spacial score (nSPS) is 16.1. The van der Waals surface area contributed by atoms with Crippen LogP contribution in [0.15, 0.2) is 97.2 Å².